The highest BCUT2D eigenvalue weighted by Gasteiger charge is 2.13. The maximum absolute atomic E-state index is 5.73. The van der Waals surface area contributed by atoms with E-state index in [1.165, 1.54) is 44.1 Å². The van der Waals surface area contributed by atoms with Crippen LogP contribution in [0.1, 0.15) is 56.9 Å². The fourth-order valence-electron chi connectivity index (χ4n) is 2.56. The van der Waals surface area contributed by atoms with Crippen molar-refractivity contribution in [2.45, 2.75) is 57.7 Å². The lowest BCUT2D eigenvalue weighted by Gasteiger charge is -2.22. The Morgan fingerprint density at radius 2 is 1.90 bits per heavy atom. The van der Waals surface area contributed by atoms with E-state index in [1.54, 1.807) is 0 Å². The third-order valence-corrected chi connectivity index (χ3v) is 3.82. The Labute approximate surface area is 129 Å². The molecule has 1 aromatic carbocycles. The number of allylic oxidation sites excluding steroid dienone is 1. The molecule has 0 aliphatic carbocycles. The lowest BCUT2D eigenvalue weighted by Crippen LogP contribution is -2.22. The maximum atomic E-state index is 5.73. The van der Waals surface area contributed by atoms with Gasteiger partial charge in [-0.25, -0.2) is 0 Å². The summed E-state index contributed by atoms with van der Waals surface area (Å²) in [4.78, 5) is 0. The fraction of sp³-hybridized carbons (Fsp3) is 0.579. The third kappa shape index (κ3) is 7.45. The Hall–Kier alpha value is -1.12. The molecule has 21 heavy (non-hydrogen) atoms. The summed E-state index contributed by atoms with van der Waals surface area (Å²) in [5.41, 5.74) is 1.29. The molecule has 1 saturated heterocycles. The van der Waals surface area contributed by atoms with E-state index in [-0.39, 0.29) is 6.29 Å². The van der Waals surface area contributed by atoms with Gasteiger partial charge in [-0.1, -0.05) is 55.3 Å². The standard InChI is InChI=1S/C19H28O2/c1(3-6-12-18-13-7-5-8-14-18)2-4-10-16-20-19-15-9-11-17-21-19/h5-8,12-14,19H,1-4,9-11,15-17H2/b12-6+. The van der Waals surface area contributed by atoms with Gasteiger partial charge in [0.1, 0.15) is 0 Å². The van der Waals surface area contributed by atoms with Crippen LogP contribution < -0.4 is 0 Å². The number of rotatable bonds is 9. The van der Waals surface area contributed by atoms with E-state index in [1.807, 2.05) is 0 Å². The molecule has 1 fully saturated rings. The Balaban J connectivity index is 1.41. The number of ether oxygens (including phenoxy) is 2. The fourth-order valence-corrected chi connectivity index (χ4v) is 2.56. The van der Waals surface area contributed by atoms with Crippen molar-refractivity contribution in [1.82, 2.24) is 0 Å². The van der Waals surface area contributed by atoms with E-state index in [0.717, 1.165) is 26.1 Å². The molecule has 2 heteroatoms. The van der Waals surface area contributed by atoms with Gasteiger partial charge in [0, 0.05) is 13.2 Å². The van der Waals surface area contributed by atoms with Gasteiger partial charge in [0.15, 0.2) is 6.29 Å². The molecule has 0 spiro atoms. The van der Waals surface area contributed by atoms with Crippen molar-refractivity contribution in [3.8, 4) is 0 Å². The summed E-state index contributed by atoms with van der Waals surface area (Å²) in [5, 5.41) is 0. The second-order valence-electron chi connectivity index (χ2n) is 5.68. The highest BCUT2D eigenvalue weighted by atomic mass is 16.7. The highest BCUT2D eigenvalue weighted by Crippen LogP contribution is 2.14. The zero-order valence-corrected chi connectivity index (χ0v) is 13.0. The van der Waals surface area contributed by atoms with Crippen molar-refractivity contribution in [1.29, 1.82) is 0 Å². The maximum Gasteiger partial charge on any atom is 0.157 e. The molecule has 1 unspecified atom stereocenters. The van der Waals surface area contributed by atoms with Crippen LogP contribution in [-0.2, 0) is 9.47 Å². The number of benzene rings is 1. The molecule has 116 valence electrons. The summed E-state index contributed by atoms with van der Waals surface area (Å²) >= 11 is 0. The molecule has 2 nitrogen and oxygen atoms in total. The predicted molar refractivity (Wildman–Crippen MR) is 88.1 cm³/mol. The van der Waals surface area contributed by atoms with E-state index in [2.05, 4.69) is 42.5 Å². The first-order valence-corrected chi connectivity index (χ1v) is 8.40. The quantitative estimate of drug-likeness (QED) is 0.582. The van der Waals surface area contributed by atoms with E-state index >= 15 is 0 Å². The first-order chi connectivity index (χ1) is 10.4. The lowest BCUT2D eigenvalue weighted by molar-refractivity contribution is -0.162. The number of hydrogen-bond donors (Lipinski definition) is 0. The van der Waals surface area contributed by atoms with Gasteiger partial charge in [-0.3, -0.25) is 0 Å². The van der Waals surface area contributed by atoms with Gasteiger partial charge in [-0.05, 0) is 44.1 Å². The summed E-state index contributed by atoms with van der Waals surface area (Å²) in [6.45, 7) is 1.73. The third-order valence-electron chi connectivity index (χ3n) is 3.82. The van der Waals surface area contributed by atoms with Gasteiger partial charge in [-0.2, -0.15) is 0 Å². The molecule has 0 radical (unpaired) electrons. The molecular formula is C19H28O2. The SMILES string of the molecule is C(=C\c1ccccc1)/CCCCCCOC1CCCCO1. The Kier molecular flexibility index (Phi) is 8.19. The Morgan fingerprint density at radius 3 is 2.71 bits per heavy atom. The average Bonchev–Trinajstić information content (AvgIpc) is 2.55. The summed E-state index contributed by atoms with van der Waals surface area (Å²) in [7, 11) is 0. The minimum absolute atomic E-state index is 0.0764. The van der Waals surface area contributed by atoms with E-state index in [4.69, 9.17) is 9.47 Å². The number of hydrogen-bond acceptors (Lipinski definition) is 2. The molecule has 0 amide bonds. The Bertz CT molecular complexity index is 380. The second kappa shape index (κ2) is 10.6. The zero-order chi connectivity index (χ0) is 14.6. The summed E-state index contributed by atoms with van der Waals surface area (Å²) < 4.78 is 11.3. The summed E-state index contributed by atoms with van der Waals surface area (Å²) in [5.74, 6) is 0. The molecule has 1 aliphatic rings. The van der Waals surface area contributed by atoms with E-state index < -0.39 is 0 Å². The van der Waals surface area contributed by atoms with Crippen molar-refractivity contribution in [2.24, 2.45) is 0 Å². The van der Waals surface area contributed by atoms with Crippen molar-refractivity contribution in [3.05, 3.63) is 42.0 Å². The normalized spacial score (nSPS) is 19.1. The molecule has 0 aromatic heterocycles. The van der Waals surface area contributed by atoms with Crippen molar-refractivity contribution in [3.63, 3.8) is 0 Å². The van der Waals surface area contributed by atoms with Crippen LogP contribution in [0, 0.1) is 0 Å². The van der Waals surface area contributed by atoms with Crippen molar-refractivity contribution < 1.29 is 9.47 Å². The van der Waals surface area contributed by atoms with Gasteiger partial charge >= 0.3 is 0 Å². The number of unbranched alkanes of at least 4 members (excludes halogenated alkanes) is 4. The van der Waals surface area contributed by atoms with Crippen LogP contribution in [0.4, 0.5) is 0 Å². The molecule has 0 saturated carbocycles. The van der Waals surface area contributed by atoms with E-state index in [0.29, 0.717) is 0 Å². The van der Waals surface area contributed by atoms with Crippen LogP contribution in [-0.4, -0.2) is 19.5 Å². The van der Waals surface area contributed by atoms with Gasteiger partial charge in [0.2, 0.25) is 0 Å². The Morgan fingerprint density at radius 1 is 1.05 bits per heavy atom. The predicted octanol–water partition coefficient (Wildman–Crippen LogP) is 5.19. The van der Waals surface area contributed by atoms with E-state index in [9.17, 15) is 0 Å². The van der Waals surface area contributed by atoms with Gasteiger partial charge in [0.05, 0.1) is 0 Å². The van der Waals surface area contributed by atoms with Crippen LogP contribution in [0.5, 0.6) is 0 Å². The smallest absolute Gasteiger partial charge is 0.157 e. The molecule has 1 heterocycles. The monoisotopic (exact) mass is 288 g/mol. The molecule has 0 bridgehead atoms. The van der Waals surface area contributed by atoms with Crippen molar-refractivity contribution >= 4 is 6.08 Å². The molecule has 0 N–H and O–H groups in total. The highest BCUT2D eigenvalue weighted by molar-refractivity contribution is 5.48. The minimum Gasteiger partial charge on any atom is -0.353 e. The first-order valence-electron chi connectivity index (χ1n) is 8.40. The lowest BCUT2D eigenvalue weighted by atomic mass is 10.1. The first kappa shape index (κ1) is 16.3. The van der Waals surface area contributed by atoms with Crippen LogP contribution in [0.2, 0.25) is 0 Å². The average molecular weight is 288 g/mol. The largest absolute Gasteiger partial charge is 0.353 e. The molecule has 1 atom stereocenters. The molecular weight excluding hydrogens is 260 g/mol. The topological polar surface area (TPSA) is 18.5 Å². The molecule has 1 aliphatic heterocycles. The zero-order valence-electron chi connectivity index (χ0n) is 13.0. The van der Waals surface area contributed by atoms with Gasteiger partial charge in [0.25, 0.3) is 0 Å². The second-order valence-corrected chi connectivity index (χ2v) is 5.68. The van der Waals surface area contributed by atoms with Crippen LogP contribution in [0.25, 0.3) is 6.08 Å². The van der Waals surface area contributed by atoms with Crippen LogP contribution in [0.3, 0.4) is 0 Å². The summed E-state index contributed by atoms with van der Waals surface area (Å²) in [6, 6.07) is 10.5. The van der Waals surface area contributed by atoms with Gasteiger partial charge in [-0.15, -0.1) is 0 Å². The minimum atomic E-state index is 0.0764. The molecule has 2 rings (SSSR count). The van der Waals surface area contributed by atoms with Gasteiger partial charge < -0.3 is 9.47 Å². The van der Waals surface area contributed by atoms with Crippen molar-refractivity contribution in [2.75, 3.05) is 13.2 Å². The molecule has 1 aromatic rings. The summed E-state index contributed by atoms with van der Waals surface area (Å²) in [6.07, 6.45) is 14.2. The van der Waals surface area contributed by atoms with Crippen LogP contribution >= 0.6 is 0 Å². The van der Waals surface area contributed by atoms with Crippen LogP contribution in [0.15, 0.2) is 36.4 Å².